The van der Waals surface area contributed by atoms with Gasteiger partial charge >= 0.3 is 0 Å². The SMILES string of the molecule is Cc1cc2[nH]c(O[C@@H]3CO[C@H]4C3OC[C@H]4O)nc2nc1-c1ccccc1. The molecule has 0 spiro atoms. The highest BCUT2D eigenvalue weighted by atomic mass is 16.6. The molecule has 0 amide bonds. The number of nitrogens with zero attached hydrogens (tertiary/aromatic N) is 2. The van der Waals surface area contributed by atoms with Crippen LogP contribution in [0.3, 0.4) is 0 Å². The number of rotatable bonds is 3. The molecule has 7 heteroatoms. The largest absolute Gasteiger partial charge is 0.456 e. The molecule has 2 aliphatic heterocycles. The van der Waals surface area contributed by atoms with Crippen LogP contribution in [0.15, 0.2) is 36.4 Å². The standard InChI is InChI=1S/C19H19N3O4/c1-10-7-12-18(21-15(10)11-5-3-2-4-6-11)22-19(20-12)26-14-9-25-16-13(23)8-24-17(14)16/h2-7,13-14,16-17,23H,8-9H2,1H3,(H,20,21,22)/t13-,14-,16-,17?/m1/s1. The van der Waals surface area contributed by atoms with E-state index in [-0.39, 0.29) is 24.9 Å². The van der Waals surface area contributed by atoms with Crippen LogP contribution in [0.2, 0.25) is 0 Å². The minimum atomic E-state index is -0.595. The molecule has 4 heterocycles. The van der Waals surface area contributed by atoms with Crippen molar-refractivity contribution in [1.29, 1.82) is 0 Å². The predicted molar refractivity (Wildman–Crippen MR) is 94.0 cm³/mol. The molecule has 5 rings (SSSR count). The zero-order valence-electron chi connectivity index (χ0n) is 14.3. The molecule has 2 fully saturated rings. The van der Waals surface area contributed by atoms with Crippen LogP contribution in [0, 0.1) is 6.92 Å². The monoisotopic (exact) mass is 353 g/mol. The number of aromatic amines is 1. The Bertz CT molecular complexity index is 943. The first kappa shape index (κ1) is 15.7. The molecule has 7 nitrogen and oxygen atoms in total. The molecule has 2 N–H and O–H groups in total. The number of nitrogens with one attached hydrogen (secondary N) is 1. The number of aliphatic hydroxyl groups excluding tert-OH is 1. The van der Waals surface area contributed by atoms with Gasteiger partial charge in [-0.05, 0) is 18.6 Å². The fourth-order valence-electron chi connectivity index (χ4n) is 3.65. The zero-order valence-corrected chi connectivity index (χ0v) is 14.3. The highest BCUT2D eigenvalue weighted by Crippen LogP contribution is 2.30. The summed E-state index contributed by atoms with van der Waals surface area (Å²) in [6.45, 7) is 2.67. The summed E-state index contributed by atoms with van der Waals surface area (Å²) in [5, 5.41) is 9.83. The third kappa shape index (κ3) is 2.56. The van der Waals surface area contributed by atoms with Gasteiger partial charge in [0, 0.05) is 5.56 Å². The normalized spacial score (nSPS) is 27.8. The number of imidazole rings is 1. The third-order valence-electron chi connectivity index (χ3n) is 4.93. The average Bonchev–Trinajstić information content (AvgIpc) is 3.32. The van der Waals surface area contributed by atoms with Gasteiger partial charge in [-0.15, -0.1) is 0 Å². The maximum Gasteiger partial charge on any atom is 0.296 e. The van der Waals surface area contributed by atoms with Crippen molar-refractivity contribution < 1.29 is 19.3 Å². The van der Waals surface area contributed by atoms with E-state index >= 15 is 0 Å². The van der Waals surface area contributed by atoms with Crippen molar-refractivity contribution in [2.24, 2.45) is 0 Å². The molecule has 26 heavy (non-hydrogen) atoms. The Morgan fingerprint density at radius 3 is 2.77 bits per heavy atom. The molecule has 4 atom stereocenters. The van der Waals surface area contributed by atoms with Crippen LogP contribution < -0.4 is 4.74 Å². The highest BCUT2D eigenvalue weighted by Gasteiger charge is 2.48. The summed E-state index contributed by atoms with van der Waals surface area (Å²) in [5.41, 5.74) is 4.44. The number of pyridine rings is 1. The Kier molecular flexibility index (Phi) is 3.66. The summed E-state index contributed by atoms with van der Waals surface area (Å²) in [5.74, 6) is 0. The van der Waals surface area contributed by atoms with Gasteiger partial charge in [-0.1, -0.05) is 30.3 Å². The van der Waals surface area contributed by atoms with Crippen molar-refractivity contribution in [2.75, 3.05) is 13.2 Å². The van der Waals surface area contributed by atoms with E-state index < -0.39 is 6.10 Å². The van der Waals surface area contributed by atoms with Crippen LogP contribution >= 0.6 is 0 Å². The average molecular weight is 353 g/mol. The van der Waals surface area contributed by atoms with E-state index in [4.69, 9.17) is 19.2 Å². The number of hydrogen-bond donors (Lipinski definition) is 2. The van der Waals surface area contributed by atoms with Crippen LogP contribution in [0.25, 0.3) is 22.4 Å². The molecule has 2 aromatic heterocycles. The lowest BCUT2D eigenvalue weighted by molar-refractivity contribution is 0.00706. The van der Waals surface area contributed by atoms with E-state index in [9.17, 15) is 5.11 Å². The smallest absolute Gasteiger partial charge is 0.296 e. The molecule has 3 aromatic rings. The molecule has 2 saturated heterocycles. The van der Waals surface area contributed by atoms with Gasteiger partial charge in [0.1, 0.15) is 18.3 Å². The lowest BCUT2D eigenvalue weighted by atomic mass is 10.1. The fraction of sp³-hybridized carbons (Fsp3) is 0.368. The Morgan fingerprint density at radius 1 is 1.12 bits per heavy atom. The van der Waals surface area contributed by atoms with Crippen molar-refractivity contribution in [3.8, 4) is 17.3 Å². The van der Waals surface area contributed by atoms with Gasteiger partial charge in [-0.2, -0.15) is 4.98 Å². The number of aliphatic hydroxyl groups is 1. The van der Waals surface area contributed by atoms with Gasteiger partial charge in [0.2, 0.25) is 0 Å². The van der Waals surface area contributed by atoms with Crippen molar-refractivity contribution in [2.45, 2.75) is 31.3 Å². The third-order valence-corrected chi connectivity index (χ3v) is 4.93. The van der Waals surface area contributed by atoms with Crippen LogP contribution in [-0.2, 0) is 9.47 Å². The quantitative estimate of drug-likeness (QED) is 0.747. The lowest BCUT2D eigenvalue weighted by Crippen LogP contribution is -2.34. The zero-order chi connectivity index (χ0) is 17.7. The van der Waals surface area contributed by atoms with Crippen molar-refractivity contribution in [3.05, 3.63) is 42.0 Å². The minimum Gasteiger partial charge on any atom is -0.456 e. The predicted octanol–water partition coefficient (Wildman–Crippen LogP) is 1.84. The second-order valence-electron chi connectivity index (χ2n) is 6.75. The number of benzene rings is 1. The number of ether oxygens (including phenoxy) is 3. The van der Waals surface area contributed by atoms with E-state index in [0.717, 1.165) is 22.3 Å². The second kappa shape index (κ2) is 6.05. The van der Waals surface area contributed by atoms with E-state index in [2.05, 4.69) is 9.97 Å². The molecular weight excluding hydrogens is 334 g/mol. The lowest BCUT2D eigenvalue weighted by Gasteiger charge is -2.15. The van der Waals surface area contributed by atoms with Crippen molar-refractivity contribution in [3.63, 3.8) is 0 Å². The topological polar surface area (TPSA) is 89.5 Å². The Balaban J connectivity index is 1.43. The first-order valence-corrected chi connectivity index (χ1v) is 8.70. The molecule has 0 radical (unpaired) electrons. The van der Waals surface area contributed by atoms with E-state index in [0.29, 0.717) is 18.3 Å². The van der Waals surface area contributed by atoms with Crippen molar-refractivity contribution >= 4 is 11.2 Å². The molecule has 134 valence electrons. The first-order valence-electron chi connectivity index (χ1n) is 8.70. The number of fused-ring (bicyclic) bond motifs is 2. The van der Waals surface area contributed by atoms with Gasteiger partial charge < -0.3 is 24.3 Å². The summed E-state index contributed by atoms with van der Waals surface area (Å²) >= 11 is 0. The van der Waals surface area contributed by atoms with Gasteiger partial charge in [0.05, 0.1) is 24.4 Å². The van der Waals surface area contributed by atoms with Gasteiger partial charge in [-0.25, -0.2) is 4.98 Å². The number of aryl methyl sites for hydroxylation is 1. The van der Waals surface area contributed by atoms with Gasteiger partial charge in [0.15, 0.2) is 11.8 Å². The number of aromatic nitrogens is 3. The summed E-state index contributed by atoms with van der Waals surface area (Å²) in [6, 6.07) is 12.4. The van der Waals surface area contributed by atoms with Crippen molar-refractivity contribution in [1.82, 2.24) is 15.0 Å². The Hall–Kier alpha value is -2.48. The van der Waals surface area contributed by atoms with Crippen LogP contribution in [0.4, 0.5) is 0 Å². The summed E-state index contributed by atoms with van der Waals surface area (Å²) in [7, 11) is 0. The molecule has 2 aliphatic rings. The Labute approximate surface area is 149 Å². The van der Waals surface area contributed by atoms with Gasteiger partial charge in [-0.3, -0.25) is 0 Å². The number of H-pyrrole nitrogens is 1. The second-order valence-corrected chi connectivity index (χ2v) is 6.75. The maximum absolute atomic E-state index is 9.83. The summed E-state index contributed by atoms with van der Waals surface area (Å²) in [6.07, 6.45) is -1.49. The van der Waals surface area contributed by atoms with E-state index in [1.807, 2.05) is 43.3 Å². The first-order chi connectivity index (χ1) is 12.7. The maximum atomic E-state index is 9.83. The molecule has 0 bridgehead atoms. The number of hydrogen-bond acceptors (Lipinski definition) is 6. The summed E-state index contributed by atoms with van der Waals surface area (Å²) < 4.78 is 17.1. The molecule has 0 saturated carbocycles. The molecular formula is C19H19N3O4. The summed E-state index contributed by atoms with van der Waals surface area (Å²) in [4.78, 5) is 12.3. The van der Waals surface area contributed by atoms with E-state index in [1.165, 1.54) is 0 Å². The minimum absolute atomic E-state index is 0.271. The molecule has 1 aromatic carbocycles. The molecule has 1 unspecified atom stereocenters. The Morgan fingerprint density at radius 2 is 1.92 bits per heavy atom. The van der Waals surface area contributed by atoms with Crippen LogP contribution in [0.1, 0.15) is 5.56 Å². The highest BCUT2D eigenvalue weighted by molar-refractivity contribution is 5.78. The fourth-order valence-corrected chi connectivity index (χ4v) is 3.65. The van der Waals surface area contributed by atoms with Crippen LogP contribution in [-0.4, -0.2) is 57.7 Å². The van der Waals surface area contributed by atoms with Gasteiger partial charge in [0.25, 0.3) is 6.01 Å². The van der Waals surface area contributed by atoms with E-state index in [1.54, 1.807) is 0 Å². The molecule has 0 aliphatic carbocycles. The van der Waals surface area contributed by atoms with Crippen LogP contribution in [0.5, 0.6) is 6.01 Å².